The van der Waals surface area contributed by atoms with Crippen LogP contribution in [-0.4, -0.2) is 53.1 Å². The van der Waals surface area contributed by atoms with Crippen molar-refractivity contribution in [3.63, 3.8) is 0 Å². The third-order valence-electron chi connectivity index (χ3n) is 5.82. The Morgan fingerprint density at radius 2 is 2.23 bits per heavy atom. The van der Waals surface area contributed by atoms with Gasteiger partial charge in [-0.15, -0.1) is 0 Å². The van der Waals surface area contributed by atoms with Crippen molar-refractivity contribution < 1.29 is 18.7 Å². The summed E-state index contributed by atoms with van der Waals surface area (Å²) in [5.74, 6) is 0.970. The molecule has 0 saturated carbocycles. The normalized spacial score (nSPS) is 17.8. The second-order valence-corrected chi connectivity index (χ2v) is 7.97. The third-order valence-corrected chi connectivity index (χ3v) is 5.82. The maximum absolute atomic E-state index is 12.8. The van der Waals surface area contributed by atoms with Crippen molar-refractivity contribution in [1.82, 2.24) is 20.1 Å². The number of ether oxygens (including phenoxy) is 2. The quantitative estimate of drug-likeness (QED) is 0.656. The van der Waals surface area contributed by atoms with Crippen molar-refractivity contribution in [3.05, 3.63) is 58.9 Å². The standard InChI is InChI=1S/C23H26N4O4/c1-15-20-19(31-22(15)23(28)25-12-18-14-29-10-11-30-18)6-5-16-13-27(26-21(16)20)9-7-17-4-2-3-8-24-17/h2-4,8,13,18H,5-7,9-12,14H2,1H3,(H,25,28)/t18-/m1/s1. The maximum atomic E-state index is 12.8. The molecule has 0 aromatic carbocycles. The zero-order valence-electron chi connectivity index (χ0n) is 17.6. The summed E-state index contributed by atoms with van der Waals surface area (Å²) in [5.41, 5.74) is 4.95. The molecule has 8 heteroatoms. The predicted octanol–water partition coefficient (Wildman–Crippen LogP) is 2.33. The molecule has 3 aromatic rings. The molecule has 2 aliphatic rings. The molecule has 1 atom stereocenters. The summed E-state index contributed by atoms with van der Waals surface area (Å²) in [4.78, 5) is 17.2. The summed E-state index contributed by atoms with van der Waals surface area (Å²) in [6, 6.07) is 5.94. The largest absolute Gasteiger partial charge is 0.455 e. The van der Waals surface area contributed by atoms with Crippen molar-refractivity contribution in [2.75, 3.05) is 26.4 Å². The Bertz CT molecular complexity index is 1070. The number of carbonyl (C=O) groups excluding carboxylic acids is 1. The molecule has 1 aliphatic heterocycles. The van der Waals surface area contributed by atoms with Gasteiger partial charge in [0.05, 0.1) is 31.6 Å². The number of carbonyl (C=O) groups is 1. The number of nitrogens with zero attached hydrogens (tertiary/aromatic N) is 3. The van der Waals surface area contributed by atoms with Crippen LogP contribution in [0.15, 0.2) is 35.0 Å². The Morgan fingerprint density at radius 1 is 1.29 bits per heavy atom. The molecular weight excluding hydrogens is 396 g/mol. The Kier molecular flexibility index (Phi) is 5.57. The summed E-state index contributed by atoms with van der Waals surface area (Å²) in [6.45, 7) is 4.74. The molecule has 1 N–H and O–H groups in total. The zero-order chi connectivity index (χ0) is 21.2. The topological polar surface area (TPSA) is 91.4 Å². The molecule has 1 saturated heterocycles. The van der Waals surface area contributed by atoms with Crippen molar-refractivity contribution in [2.45, 2.75) is 38.8 Å². The highest BCUT2D eigenvalue weighted by Crippen LogP contribution is 2.38. The van der Waals surface area contributed by atoms with Crippen LogP contribution >= 0.6 is 0 Å². The average molecular weight is 422 g/mol. The van der Waals surface area contributed by atoms with Crippen LogP contribution in [0.2, 0.25) is 0 Å². The van der Waals surface area contributed by atoms with Gasteiger partial charge >= 0.3 is 0 Å². The van der Waals surface area contributed by atoms with Gasteiger partial charge in [0.1, 0.15) is 5.76 Å². The number of aromatic nitrogens is 3. The molecule has 31 heavy (non-hydrogen) atoms. The molecule has 5 rings (SSSR count). The van der Waals surface area contributed by atoms with Crippen molar-refractivity contribution >= 4 is 5.91 Å². The fourth-order valence-electron chi connectivity index (χ4n) is 4.21. The van der Waals surface area contributed by atoms with Crippen LogP contribution in [0, 0.1) is 6.92 Å². The molecular formula is C23H26N4O4. The highest BCUT2D eigenvalue weighted by atomic mass is 16.6. The van der Waals surface area contributed by atoms with E-state index >= 15 is 0 Å². The van der Waals surface area contributed by atoms with Gasteiger partial charge in [-0.3, -0.25) is 14.5 Å². The van der Waals surface area contributed by atoms with E-state index in [4.69, 9.17) is 19.0 Å². The maximum Gasteiger partial charge on any atom is 0.287 e. The molecule has 8 nitrogen and oxygen atoms in total. The number of furan rings is 1. The Morgan fingerprint density at radius 3 is 3.03 bits per heavy atom. The Labute approximate surface area is 180 Å². The minimum atomic E-state index is -0.225. The molecule has 1 fully saturated rings. The van der Waals surface area contributed by atoms with E-state index in [9.17, 15) is 4.79 Å². The lowest BCUT2D eigenvalue weighted by atomic mass is 9.93. The van der Waals surface area contributed by atoms with Gasteiger partial charge in [0.15, 0.2) is 5.76 Å². The van der Waals surface area contributed by atoms with Crippen molar-refractivity contribution in [2.24, 2.45) is 0 Å². The van der Waals surface area contributed by atoms with Crippen LogP contribution < -0.4 is 5.32 Å². The minimum absolute atomic E-state index is 0.121. The molecule has 3 aromatic heterocycles. The SMILES string of the molecule is Cc1c(C(=O)NC[C@@H]2COCCO2)oc2c1-c1nn(CCc3ccccn3)cc1CC2. The van der Waals surface area contributed by atoms with Gasteiger partial charge in [-0.05, 0) is 31.0 Å². The summed E-state index contributed by atoms with van der Waals surface area (Å²) in [7, 11) is 0. The zero-order valence-corrected chi connectivity index (χ0v) is 17.6. The molecule has 0 spiro atoms. The van der Waals surface area contributed by atoms with E-state index in [1.165, 1.54) is 5.56 Å². The molecule has 4 heterocycles. The van der Waals surface area contributed by atoms with Crippen molar-refractivity contribution in [1.29, 1.82) is 0 Å². The van der Waals surface area contributed by atoms with Gasteiger partial charge in [0, 0.05) is 55.1 Å². The first-order valence-corrected chi connectivity index (χ1v) is 10.8. The lowest BCUT2D eigenvalue weighted by Gasteiger charge is -2.22. The van der Waals surface area contributed by atoms with Gasteiger partial charge in [-0.25, -0.2) is 0 Å². The van der Waals surface area contributed by atoms with Gasteiger partial charge in [-0.1, -0.05) is 6.07 Å². The van der Waals surface area contributed by atoms with E-state index in [1.54, 1.807) is 0 Å². The van der Waals surface area contributed by atoms with Gasteiger partial charge in [-0.2, -0.15) is 5.10 Å². The van der Waals surface area contributed by atoms with E-state index in [0.29, 0.717) is 32.1 Å². The lowest BCUT2D eigenvalue weighted by Crippen LogP contribution is -2.39. The number of nitrogens with one attached hydrogen (secondary N) is 1. The van der Waals surface area contributed by atoms with Crippen molar-refractivity contribution in [3.8, 4) is 11.3 Å². The summed E-state index contributed by atoms with van der Waals surface area (Å²) >= 11 is 0. The average Bonchev–Trinajstić information content (AvgIpc) is 3.38. The van der Waals surface area contributed by atoms with E-state index in [0.717, 1.165) is 54.1 Å². The molecule has 1 aliphatic carbocycles. The molecule has 0 radical (unpaired) electrons. The fraction of sp³-hybridized carbons (Fsp3) is 0.435. The number of fused-ring (bicyclic) bond motifs is 3. The summed E-state index contributed by atoms with van der Waals surface area (Å²) < 4.78 is 18.9. The Balaban J connectivity index is 1.31. The molecule has 1 amide bonds. The lowest BCUT2D eigenvalue weighted by molar-refractivity contribution is -0.0856. The highest BCUT2D eigenvalue weighted by Gasteiger charge is 2.30. The van der Waals surface area contributed by atoms with Crippen LogP contribution in [0.3, 0.4) is 0 Å². The summed E-state index contributed by atoms with van der Waals surface area (Å²) in [5, 5.41) is 7.74. The first-order valence-electron chi connectivity index (χ1n) is 10.8. The second kappa shape index (κ2) is 8.64. The number of rotatable bonds is 6. The third kappa shape index (κ3) is 4.13. The fourth-order valence-corrected chi connectivity index (χ4v) is 4.21. The summed E-state index contributed by atoms with van der Waals surface area (Å²) in [6.07, 6.45) is 6.23. The number of amides is 1. The van der Waals surface area contributed by atoms with E-state index in [-0.39, 0.29) is 12.0 Å². The molecule has 0 unspecified atom stereocenters. The smallest absolute Gasteiger partial charge is 0.287 e. The van der Waals surface area contributed by atoms with Crippen LogP contribution in [0.5, 0.6) is 0 Å². The number of hydrogen-bond donors (Lipinski definition) is 1. The highest BCUT2D eigenvalue weighted by molar-refractivity contribution is 5.95. The first kappa shape index (κ1) is 20.0. The predicted molar refractivity (Wildman–Crippen MR) is 113 cm³/mol. The van der Waals surface area contributed by atoms with E-state index in [1.807, 2.05) is 36.0 Å². The second-order valence-electron chi connectivity index (χ2n) is 7.97. The van der Waals surface area contributed by atoms with Crippen LogP contribution in [-0.2, 0) is 35.3 Å². The molecule has 162 valence electrons. The Hall–Kier alpha value is -2.97. The number of aryl methyl sites for hydroxylation is 4. The number of hydrogen-bond acceptors (Lipinski definition) is 6. The molecule has 0 bridgehead atoms. The van der Waals surface area contributed by atoms with Gasteiger partial charge in [0.25, 0.3) is 5.91 Å². The van der Waals surface area contributed by atoms with Crippen LogP contribution in [0.25, 0.3) is 11.3 Å². The van der Waals surface area contributed by atoms with Crippen LogP contribution in [0.1, 0.15) is 33.1 Å². The van der Waals surface area contributed by atoms with E-state index in [2.05, 4.69) is 16.5 Å². The minimum Gasteiger partial charge on any atom is -0.455 e. The van der Waals surface area contributed by atoms with Gasteiger partial charge < -0.3 is 19.2 Å². The first-order chi connectivity index (χ1) is 15.2. The van der Waals surface area contributed by atoms with Gasteiger partial charge in [0.2, 0.25) is 0 Å². The number of pyridine rings is 1. The monoisotopic (exact) mass is 422 g/mol. The van der Waals surface area contributed by atoms with Crippen LogP contribution in [0.4, 0.5) is 0 Å². The van der Waals surface area contributed by atoms with E-state index < -0.39 is 0 Å².